The summed E-state index contributed by atoms with van der Waals surface area (Å²) in [4.78, 5) is 17.7. The van der Waals surface area contributed by atoms with Crippen LogP contribution in [0.25, 0.3) is 10.9 Å². The van der Waals surface area contributed by atoms with E-state index in [9.17, 15) is 13.2 Å². The molecule has 3 rings (SSSR count). The molecule has 130 valence electrons. The molecule has 0 saturated carbocycles. The first kappa shape index (κ1) is 16.9. The van der Waals surface area contributed by atoms with E-state index in [4.69, 9.17) is 0 Å². The predicted molar refractivity (Wildman–Crippen MR) is 92.7 cm³/mol. The molecule has 7 nitrogen and oxygen atoms in total. The molecular formula is C16H22N4O3S. The van der Waals surface area contributed by atoms with Crippen molar-refractivity contribution in [1.29, 1.82) is 0 Å². The molecule has 0 aliphatic carbocycles. The fourth-order valence-corrected chi connectivity index (χ4v) is 3.78. The third-order valence-corrected chi connectivity index (χ3v) is 5.51. The van der Waals surface area contributed by atoms with Gasteiger partial charge >= 0.3 is 0 Å². The van der Waals surface area contributed by atoms with E-state index in [-0.39, 0.29) is 5.91 Å². The zero-order chi connectivity index (χ0) is 17.2. The van der Waals surface area contributed by atoms with Crippen molar-refractivity contribution in [3.63, 3.8) is 0 Å². The smallest absolute Gasteiger partial charge is 0.277 e. The fourth-order valence-electron chi connectivity index (χ4n) is 3.10. The van der Waals surface area contributed by atoms with E-state index in [2.05, 4.69) is 14.4 Å². The molecule has 1 unspecified atom stereocenters. The lowest BCUT2D eigenvalue weighted by Gasteiger charge is -2.23. The van der Waals surface area contributed by atoms with Crippen LogP contribution in [0.2, 0.25) is 0 Å². The number of carbonyl (C=O) groups is 1. The zero-order valence-electron chi connectivity index (χ0n) is 13.6. The summed E-state index contributed by atoms with van der Waals surface area (Å²) in [5.41, 5.74) is 1.89. The van der Waals surface area contributed by atoms with Gasteiger partial charge in [0.1, 0.15) is 6.04 Å². The highest BCUT2D eigenvalue weighted by Gasteiger charge is 2.30. The summed E-state index contributed by atoms with van der Waals surface area (Å²) >= 11 is 0. The van der Waals surface area contributed by atoms with E-state index in [1.165, 1.54) is 7.05 Å². The normalized spacial score (nSPS) is 16.6. The summed E-state index contributed by atoms with van der Waals surface area (Å²) in [5, 5.41) is 1.00. The van der Waals surface area contributed by atoms with Gasteiger partial charge in [-0.2, -0.15) is 13.1 Å². The number of H-pyrrole nitrogens is 1. The lowest BCUT2D eigenvalue weighted by atomic mass is 10.0. The monoisotopic (exact) mass is 350 g/mol. The number of hydrogen-bond acceptors (Lipinski definition) is 3. The third kappa shape index (κ3) is 3.61. The number of rotatable bonds is 6. The van der Waals surface area contributed by atoms with Gasteiger partial charge in [-0.25, -0.2) is 4.72 Å². The van der Waals surface area contributed by atoms with Gasteiger partial charge in [0.25, 0.3) is 10.2 Å². The van der Waals surface area contributed by atoms with E-state index < -0.39 is 16.3 Å². The van der Waals surface area contributed by atoms with Crippen LogP contribution in [-0.2, 0) is 21.4 Å². The summed E-state index contributed by atoms with van der Waals surface area (Å²) in [5.74, 6) is -0.170. The SMILES string of the molecule is CNS(=O)(=O)NC(Cc1c[nH]c2ccccc12)C(=O)N1CCCC1. The molecule has 2 heterocycles. The highest BCUT2D eigenvalue weighted by Crippen LogP contribution is 2.20. The van der Waals surface area contributed by atoms with Gasteiger partial charge in [0, 0.05) is 37.2 Å². The molecule has 1 amide bonds. The predicted octanol–water partition coefficient (Wildman–Crippen LogP) is 0.755. The van der Waals surface area contributed by atoms with Gasteiger partial charge < -0.3 is 9.88 Å². The Balaban J connectivity index is 1.87. The molecule has 1 aromatic heterocycles. The van der Waals surface area contributed by atoms with Crippen molar-refractivity contribution in [2.75, 3.05) is 20.1 Å². The molecule has 1 aromatic carbocycles. The van der Waals surface area contributed by atoms with Crippen molar-refractivity contribution < 1.29 is 13.2 Å². The van der Waals surface area contributed by atoms with Crippen LogP contribution in [-0.4, -0.2) is 50.4 Å². The van der Waals surface area contributed by atoms with Crippen LogP contribution >= 0.6 is 0 Å². The maximum atomic E-state index is 12.8. The van der Waals surface area contributed by atoms with Crippen LogP contribution in [0.3, 0.4) is 0 Å². The Bertz CT molecular complexity index is 825. The van der Waals surface area contributed by atoms with Gasteiger partial charge in [-0.1, -0.05) is 18.2 Å². The van der Waals surface area contributed by atoms with E-state index in [0.29, 0.717) is 19.5 Å². The van der Waals surface area contributed by atoms with Gasteiger partial charge in [-0.15, -0.1) is 0 Å². The molecule has 8 heteroatoms. The molecule has 1 aliphatic heterocycles. The number of carbonyl (C=O) groups excluding carboxylic acids is 1. The Hall–Kier alpha value is -1.90. The minimum Gasteiger partial charge on any atom is -0.361 e. The van der Waals surface area contributed by atoms with Crippen LogP contribution < -0.4 is 9.44 Å². The van der Waals surface area contributed by atoms with E-state index >= 15 is 0 Å². The molecule has 1 fully saturated rings. The Kier molecular flexibility index (Phi) is 4.88. The average molecular weight is 350 g/mol. The van der Waals surface area contributed by atoms with Crippen molar-refractivity contribution in [3.8, 4) is 0 Å². The van der Waals surface area contributed by atoms with Crippen molar-refractivity contribution in [2.24, 2.45) is 0 Å². The number of nitrogens with zero attached hydrogens (tertiary/aromatic N) is 1. The van der Waals surface area contributed by atoms with Gasteiger partial charge in [0.05, 0.1) is 0 Å². The number of fused-ring (bicyclic) bond motifs is 1. The number of amides is 1. The number of nitrogens with one attached hydrogen (secondary N) is 3. The van der Waals surface area contributed by atoms with E-state index in [1.807, 2.05) is 30.5 Å². The van der Waals surface area contributed by atoms with Crippen molar-refractivity contribution in [3.05, 3.63) is 36.0 Å². The maximum Gasteiger partial charge on any atom is 0.277 e. The molecule has 0 radical (unpaired) electrons. The largest absolute Gasteiger partial charge is 0.361 e. The Morgan fingerprint density at radius 3 is 2.71 bits per heavy atom. The molecule has 1 atom stereocenters. The van der Waals surface area contributed by atoms with Crippen molar-refractivity contribution in [1.82, 2.24) is 19.3 Å². The molecule has 1 aliphatic rings. The minimum atomic E-state index is -3.71. The number of hydrogen-bond donors (Lipinski definition) is 3. The zero-order valence-corrected chi connectivity index (χ0v) is 14.4. The second-order valence-electron chi connectivity index (χ2n) is 5.97. The van der Waals surface area contributed by atoms with Crippen LogP contribution in [0.4, 0.5) is 0 Å². The first-order chi connectivity index (χ1) is 11.5. The Morgan fingerprint density at radius 2 is 2.00 bits per heavy atom. The van der Waals surface area contributed by atoms with Crippen LogP contribution in [0.15, 0.2) is 30.5 Å². The quantitative estimate of drug-likeness (QED) is 0.718. The molecule has 0 spiro atoms. The lowest BCUT2D eigenvalue weighted by Crippen LogP contribution is -2.51. The fraction of sp³-hybridized carbons (Fsp3) is 0.438. The Morgan fingerprint density at radius 1 is 1.29 bits per heavy atom. The molecule has 2 aromatic rings. The molecule has 24 heavy (non-hydrogen) atoms. The molecule has 1 saturated heterocycles. The summed E-state index contributed by atoms with van der Waals surface area (Å²) in [6.07, 6.45) is 4.07. The second kappa shape index (κ2) is 6.92. The highest BCUT2D eigenvalue weighted by molar-refractivity contribution is 7.87. The summed E-state index contributed by atoms with van der Waals surface area (Å²) in [6.45, 7) is 1.37. The number of para-hydroxylation sites is 1. The first-order valence-corrected chi connectivity index (χ1v) is 9.53. The van der Waals surface area contributed by atoms with Crippen LogP contribution in [0.1, 0.15) is 18.4 Å². The Labute approximate surface area is 141 Å². The van der Waals surface area contributed by atoms with Crippen LogP contribution in [0, 0.1) is 0 Å². The number of aromatic nitrogens is 1. The van der Waals surface area contributed by atoms with E-state index in [1.54, 1.807) is 4.90 Å². The van der Waals surface area contributed by atoms with Crippen LogP contribution in [0.5, 0.6) is 0 Å². The molecule has 3 N–H and O–H groups in total. The highest BCUT2D eigenvalue weighted by atomic mass is 32.2. The van der Waals surface area contributed by atoms with Gasteiger partial charge in [-0.05, 0) is 30.9 Å². The first-order valence-electron chi connectivity index (χ1n) is 8.05. The standard InChI is InChI=1S/C16H22N4O3S/c1-17-24(22,23)19-15(16(21)20-8-4-5-9-20)10-12-11-18-14-7-3-2-6-13(12)14/h2-3,6-7,11,15,17-19H,4-5,8-10H2,1H3. The molecular weight excluding hydrogens is 328 g/mol. The van der Waals surface area contributed by atoms with Gasteiger partial charge in [0.2, 0.25) is 5.91 Å². The number of aromatic amines is 1. The molecule has 0 bridgehead atoms. The third-order valence-electron chi connectivity index (χ3n) is 4.38. The summed E-state index contributed by atoms with van der Waals surface area (Å²) in [6, 6.07) is 6.95. The lowest BCUT2D eigenvalue weighted by molar-refractivity contribution is -0.131. The van der Waals surface area contributed by atoms with Gasteiger partial charge in [-0.3, -0.25) is 4.79 Å². The second-order valence-corrected chi connectivity index (χ2v) is 7.62. The maximum absolute atomic E-state index is 12.8. The van der Waals surface area contributed by atoms with E-state index in [0.717, 1.165) is 29.3 Å². The number of likely N-dealkylation sites (tertiary alicyclic amines) is 1. The topological polar surface area (TPSA) is 94.3 Å². The summed E-state index contributed by atoms with van der Waals surface area (Å²) < 4.78 is 28.5. The van der Waals surface area contributed by atoms with Crippen molar-refractivity contribution in [2.45, 2.75) is 25.3 Å². The summed E-state index contributed by atoms with van der Waals surface area (Å²) in [7, 11) is -2.38. The number of benzene rings is 1. The average Bonchev–Trinajstić information content (AvgIpc) is 3.24. The van der Waals surface area contributed by atoms with Crippen molar-refractivity contribution >= 4 is 27.0 Å². The minimum absolute atomic E-state index is 0.170. The van der Waals surface area contributed by atoms with Gasteiger partial charge in [0.15, 0.2) is 0 Å².